The predicted octanol–water partition coefficient (Wildman–Crippen LogP) is 0.889. The summed E-state index contributed by atoms with van der Waals surface area (Å²) in [6.45, 7) is 0.467. The topological polar surface area (TPSA) is 68.0 Å². The zero-order chi connectivity index (χ0) is 9.97. The van der Waals surface area contributed by atoms with E-state index in [0.29, 0.717) is 12.4 Å². The van der Waals surface area contributed by atoms with Gasteiger partial charge >= 0.3 is 0 Å². The van der Waals surface area contributed by atoms with Gasteiger partial charge in [-0.05, 0) is 30.5 Å². The van der Waals surface area contributed by atoms with Gasteiger partial charge in [-0.15, -0.1) is 0 Å². The highest BCUT2D eigenvalue weighted by Crippen LogP contribution is 2.29. The summed E-state index contributed by atoms with van der Waals surface area (Å²) in [5.74, 6) is 0.884. The minimum atomic E-state index is 0.0756. The zero-order valence-corrected chi connectivity index (χ0v) is 7.86. The Morgan fingerprint density at radius 1 is 1.64 bits per heavy atom. The van der Waals surface area contributed by atoms with Gasteiger partial charge in [0.25, 0.3) is 0 Å². The Labute approximate surface area is 82.5 Å². The molecule has 1 amide bonds. The lowest BCUT2D eigenvalue weighted by atomic mass is 10.2. The summed E-state index contributed by atoms with van der Waals surface area (Å²) in [6, 6.07) is 3.65. The lowest BCUT2D eigenvalue weighted by Crippen LogP contribution is -2.14. The minimum Gasteiger partial charge on any atom is -0.326 e. The molecule has 4 nitrogen and oxygen atoms in total. The van der Waals surface area contributed by atoms with Gasteiger partial charge in [0.2, 0.25) is 5.91 Å². The van der Waals surface area contributed by atoms with E-state index < -0.39 is 0 Å². The standard InChI is InChI=1S/C10H13N3O/c11-6-7-3-4-12-9(5-7)13-10(14)8-1-2-8/h3-5,8H,1-2,6,11H2,(H,12,13,14). The molecule has 0 radical (unpaired) electrons. The van der Waals surface area contributed by atoms with Crippen LogP contribution >= 0.6 is 0 Å². The number of nitrogens with two attached hydrogens (primary N) is 1. The van der Waals surface area contributed by atoms with Crippen LogP contribution in [0.1, 0.15) is 18.4 Å². The average molecular weight is 191 g/mol. The number of nitrogens with one attached hydrogen (secondary N) is 1. The Kier molecular flexibility index (Phi) is 2.45. The van der Waals surface area contributed by atoms with Gasteiger partial charge in [0.15, 0.2) is 0 Å². The van der Waals surface area contributed by atoms with Gasteiger partial charge < -0.3 is 11.1 Å². The zero-order valence-electron chi connectivity index (χ0n) is 7.86. The first-order valence-corrected chi connectivity index (χ1v) is 4.75. The first-order chi connectivity index (χ1) is 6.79. The highest BCUT2D eigenvalue weighted by molar-refractivity contribution is 5.93. The van der Waals surface area contributed by atoms with Crippen molar-refractivity contribution in [2.24, 2.45) is 11.7 Å². The molecule has 14 heavy (non-hydrogen) atoms. The van der Waals surface area contributed by atoms with Gasteiger partial charge in [-0.2, -0.15) is 0 Å². The largest absolute Gasteiger partial charge is 0.326 e. The quantitative estimate of drug-likeness (QED) is 0.745. The SMILES string of the molecule is NCc1ccnc(NC(=O)C2CC2)c1. The first-order valence-electron chi connectivity index (χ1n) is 4.75. The molecular formula is C10H13N3O. The number of carbonyl (C=O) groups is 1. The predicted molar refractivity (Wildman–Crippen MR) is 53.5 cm³/mol. The van der Waals surface area contributed by atoms with E-state index in [1.54, 1.807) is 12.3 Å². The normalized spacial score (nSPS) is 15.2. The average Bonchev–Trinajstić information content (AvgIpc) is 3.01. The Morgan fingerprint density at radius 2 is 2.43 bits per heavy atom. The summed E-state index contributed by atoms with van der Waals surface area (Å²) in [6.07, 6.45) is 3.66. The van der Waals surface area contributed by atoms with Gasteiger partial charge in [-0.1, -0.05) is 0 Å². The molecule has 1 heterocycles. The maximum Gasteiger partial charge on any atom is 0.228 e. The van der Waals surface area contributed by atoms with Crippen molar-refractivity contribution in [3.63, 3.8) is 0 Å². The van der Waals surface area contributed by atoms with Crippen molar-refractivity contribution in [3.8, 4) is 0 Å². The molecule has 1 fully saturated rings. The van der Waals surface area contributed by atoms with Crippen LogP contribution in [0.3, 0.4) is 0 Å². The van der Waals surface area contributed by atoms with E-state index in [0.717, 1.165) is 18.4 Å². The van der Waals surface area contributed by atoms with Crippen LogP contribution in [0, 0.1) is 5.92 Å². The molecule has 4 heteroatoms. The highest BCUT2D eigenvalue weighted by Gasteiger charge is 2.29. The maximum atomic E-state index is 11.4. The third-order valence-corrected chi connectivity index (χ3v) is 2.26. The smallest absolute Gasteiger partial charge is 0.228 e. The second-order valence-corrected chi connectivity index (χ2v) is 3.52. The molecule has 0 unspecified atom stereocenters. The van der Waals surface area contributed by atoms with Gasteiger partial charge in [-0.3, -0.25) is 4.79 Å². The molecule has 1 saturated carbocycles. The van der Waals surface area contributed by atoms with Crippen LogP contribution in [0.2, 0.25) is 0 Å². The summed E-state index contributed by atoms with van der Waals surface area (Å²) >= 11 is 0. The van der Waals surface area contributed by atoms with Gasteiger partial charge in [-0.25, -0.2) is 4.98 Å². The monoisotopic (exact) mass is 191 g/mol. The molecular weight excluding hydrogens is 178 g/mol. The fourth-order valence-corrected chi connectivity index (χ4v) is 1.24. The van der Waals surface area contributed by atoms with Crippen LogP contribution in [0.4, 0.5) is 5.82 Å². The maximum absolute atomic E-state index is 11.4. The molecule has 2 rings (SSSR count). The molecule has 1 aromatic rings. The first kappa shape index (κ1) is 9.15. The molecule has 0 aromatic carbocycles. The van der Waals surface area contributed by atoms with Gasteiger partial charge in [0.05, 0.1) is 0 Å². The minimum absolute atomic E-state index is 0.0756. The van der Waals surface area contributed by atoms with Crippen LogP contribution < -0.4 is 11.1 Å². The van der Waals surface area contributed by atoms with Crippen molar-refractivity contribution in [1.82, 2.24) is 4.98 Å². The van der Waals surface area contributed by atoms with Gasteiger partial charge in [0, 0.05) is 18.7 Å². The second-order valence-electron chi connectivity index (χ2n) is 3.52. The van der Waals surface area contributed by atoms with Crippen LogP contribution in [-0.4, -0.2) is 10.9 Å². The molecule has 1 aromatic heterocycles. The fourth-order valence-electron chi connectivity index (χ4n) is 1.24. The summed E-state index contributed by atoms with van der Waals surface area (Å²) in [4.78, 5) is 15.4. The number of hydrogen-bond acceptors (Lipinski definition) is 3. The summed E-state index contributed by atoms with van der Waals surface area (Å²) in [5.41, 5.74) is 6.46. The van der Waals surface area contributed by atoms with Crippen LogP contribution in [0.5, 0.6) is 0 Å². The molecule has 0 saturated heterocycles. The molecule has 0 spiro atoms. The number of pyridine rings is 1. The summed E-state index contributed by atoms with van der Waals surface area (Å²) in [7, 11) is 0. The summed E-state index contributed by atoms with van der Waals surface area (Å²) < 4.78 is 0. The molecule has 0 atom stereocenters. The molecule has 1 aliphatic rings. The van der Waals surface area contributed by atoms with Crippen molar-refractivity contribution in [3.05, 3.63) is 23.9 Å². The van der Waals surface area contributed by atoms with E-state index >= 15 is 0 Å². The van der Waals surface area contributed by atoms with Crippen molar-refractivity contribution in [2.75, 3.05) is 5.32 Å². The van der Waals surface area contributed by atoms with E-state index in [1.165, 1.54) is 0 Å². The number of nitrogens with zero attached hydrogens (tertiary/aromatic N) is 1. The second kappa shape index (κ2) is 3.75. The molecule has 3 N–H and O–H groups in total. The van der Waals surface area contributed by atoms with Gasteiger partial charge in [0.1, 0.15) is 5.82 Å². The molecule has 1 aliphatic carbocycles. The van der Waals surface area contributed by atoms with E-state index in [2.05, 4.69) is 10.3 Å². The number of anilines is 1. The molecule has 0 bridgehead atoms. The number of rotatable bonds is 3. The fraction of sp³-hybridized carbons (Fsp3) is 0.400. The summed E-state index contributed by atoms with van der Waals surface area (Å²) in [5, 5.41) is 2.77. The number of aromatic nitrogens is 1. The van der Waals surface area contributed by atoms with Crippen molar-refractivity contribution in [2.45, 2.75) is 19.4 Å². The lowest BCUT2D eigenvalue weighted by molar-refractivity contribution is -0.117. The van der Waals surface area contributed by atoms with E-state index in [4.69, 9.17) is 5.73 Å². The van der Waals surface area contributed by atoms with Crippen molar-refractivity contribution >= 4 is 11.7 Å². The van der Waals surface area contributed by atoms with E-state index in [-0.39, 0.29) is 11.8 Å². The Hall–Kier alpha value is -1.42. The molecule has 74 valence electrons. The third-order valence-electron chi connectivity index (χ3n) is 2.26. The van der Waals surface area contributed by atoms with Crippen LogP contribution in [0.15, 0.2) is 18.3 Å². The Balaban J connectivity index is 2.04. The highest BCUT2D eigenvalue weighted by atomic mass is 16.2. The third kappa shape index (κ3) is 2.09. The van der Waals surface area contributed by atoms with Crippen molar-refractivity contribution in [1.29, 1.82) is 0 Å². The number of hydrogen-bond donors (Lipinski definition) is 2. The van der Waals surface area contributed by atoms with Crippen LogP contribution in [-0.2, 0) is 11.3 Å². The number of carbonyl (C=O) groups excluding carboxylic acids is 1. The Bertz CT molecular complexity index is 347. The van der Waals surface area contributed by atoms with E-state index in [9.17, 15) is 4.79 Å². The molecule has 0 aliphatic heterocycles. The number of amides is 1. The van der Waals surface area contributed by atoms with Crippen molar-refractivity contribution < 1.29 is 4.79 Å². The Morgan fingerprint density at radius 3 is 3.07 bits per heavy atom. The van der Waals surface area contributed by atoms with Crippen LogP contribution in [0.25, 0.3) is 0 Å². The lowest BCUT2D eigenvalue weighted by Gasteiger charge is -2.04. The van der Waals surface area contributed by atoms with E-state index in [1.807, 2.05) is 6.07 Å².